The molecule has 0 fully saturated rings. The lowest BCUT2D eigenvalue weighted by atomic mass is 9.96. The largest absolute Gasteiger partial charge is 0.376 e. The van der Waals surface area contributed by atoms with Gasteiger partial charge in [-0.3, -0.25) is 4.79 Å². The van der Waals surface area contributed by atoms with Crippen LogP contribution in [0.5, 0.6) is 0 Å². The number of nitrogens with zero attached hydrogens (tertiary/aromatic N) is 2. The van der Waals surface area contributed by atoms with Crippen LogP contribution in [-0.4, -0.2) is 45.3 Å². The van der Waals surface area contributed by atoms with Crippen LogP contribution in [0.4, 0.5) is 11.4 Å². The minimum absolute atomic E-state index is 0.0254. The lowest BCUT2D eigenvalue weighted by molar-refractivity contribution is -0.117. The number of aryl methyl sites for hydroxylation is 2. The number of amides is 1. The number of benzene rings is 2. The molecule has 1 amide bonds. The molecule has 0 bridgehead atoms. The fourth-order valence-corrected chi connectivity index (χ4v) is 4.71. The Morgan fingerprint density at radius 3 is 2.59 bits per heavy atom. The van der Waals surface area contributed by atoms with Gasteiger partial charge in [0, 0.05) is 31.5 Å². The van der Waals surface area contributed by atoms with E-state index >= 15 is 0 Å². The Bertz CT molecular complexity index is 1030. The molecule has 0 aromatic heterocycles. The van der Waals surface area contributed by atoms with E-state index in [1.807, 2.05) is 36.9 Å². The molecular weight excluding hydrogens is 386 g/mol. The Morgan fingerprint density at radius 1 is 1.21 bits per heavy atom. The minimum atomic E-state index is -3.55. The highest BCUT2D eigenvalue weighted by atomic mass is 32.2. The van der Waals surface area contributed by atoms with Gasteiger partial charge in [-0.05, 0) is 68.5 Å². The van der Waals surface area contributed by atoms with Crippen molar-refractivity contribution in [1.82, 2.24) is 4.31 Å². The van der Waals surface area contributed by atoms with E-state index in [0.29, 0.717) is 5.69 Å². The normalized spacial score (nSPS) is 16.6. The zero-order chi connectivity index (χ0) is 21.3. The summed E-state index contributed by atoms with van der Waals surface area (Å²) >= 11 is 0. The monoisotopic (exact) mass is 415 g/mol. The molecule has 0 saturated heterocycles. The summed E-state index contributed by atoms with van der Waals surface area (Å²) < 4.78 is 26.3. The first-order valence-electron chi connectivity index (χ1n) is 9.80. The molecule has 1 aliphatic rings. The molecule has 7 heteroatoms. The Kier molecular flexibility index (Phi) is 6.00. The number of para-hydroxylation sites is 1. The van der Waals surface area contributed by atoms with Crippen LogP contribution in [0.3, 0.4) is 0 Å². The van der Waals surface area contributed by atoms with Crippen molar-refractivity contribution in [3.05, 3.63) is 53.1 Å². The van der Waals surface area contributed by atoms with Gasteiger partial charge in [-0.1, -0.05) is 18.2 Å². The van der Waals surface area contributed by atoms with Gasteiger partial charge in [-0.15, -0.1) is 0 Å². The van der Waals surface area contributed by atoms with Crippen LogP contribution in [0, 0.1) is 13.8 Å². The maximum atomic E-state index is 13.1. The van der Waals surface area contributed by atoms with Crippen molar-refractivity contribution in [3.63, 3.8) is 0 Å². The summed E-state index contributed by atoms with van der Waals surface area (Å²) in [4.78, 5) is 15.1. The van der Waals surface area contributed by atoms with E-state index in [4.69, 9.17) is 0 Å². The van der Waals surface area contributed by atoms with Crippen molar-refractivity contribution in [2.24, 2.45) is 0 Å². The Balaban J connectivity index is 1.85. The van der Waals surface area contributed by atoms with Gasteiger partial charge in [0.15, 0.2) is 0 Å². The number of nitrogens with one attached hydrogen (secondary N) is 1. The van der Waals surface area contributed by atoms with Crippen LogP contribution < -0.4 is 10.2 Å². The molecule has 1 aliphatic heterocycles. The zero-order valence-corrected chi connectivity index (χ0v) is 18.5. The maximum absolute atomic E-state index is 13.1. The van der Waals surface area contributed by atoms with E-state index in [-0.39, 0.29) is 23.4 Å². The topological polar surface area (TPSA) is 69.7 Å². The second kappa shape index (κ2) is 8.16. The summed E-state index contributed by atoms with van der Waals surface area (Å²) in [6.07, 6.45) is 1.90. The van der Waals surface area contributed by atoms with Crippen molar-refractivity contribution in [3.8, 4) is 0 Å². The summed E-state index contributed by atoms with van der Waals surface area (Å²) in [5.41, 5.74) is 4.61. The molecular formula is C22H29N3O3S. The summed E-state index contributed by atoms with van der Waals surface area (Å²) in [5, 5.41) is 3.18. The number of carbonyl (C=O) groups excluding carboxylic acids is 1. The lowest BCUT2D eigenvalue weighted by Gasteiger charge is -2.35. The fraction of sp³-hybridized carbons (Fsp3) is 0.409. The van der Waals surface area contributed by atoms with Crippen LogP contribution in [0.15, 0.2) is 41.3 Å². The van der Waals surface area contributed by atoms with Crippen LogP contribution in [0.1, 0.15) is 30.0 Å². The molecule has 0 unspecified atom stereocenters. The van der Waals surface area contributed by atoms with Gasteiger partial charge >= 0.3 is 0 Å². The van der Waals surface area contributed by atoms with E-state index < -0.39 is 10.0 Å². The van der Waals surface area contributed by atoms with Crippen LogP contribution in [0.2, 0.25) is 0 Å². The smallest absolute Gasteiger partial charge is 0.246 e. The fourth-order valence-electron chi connectivity index (χ4n) is 3.69. The average molecular weight is 416 g/mol. The number of fused-ring (bicyclic) bond motifs is 1. The summed E-state index contributed by atoms with van der Waals surface area (Å²) in [7, 11) is -0.528. The third kappa shape index (κ3) is 4.16. The van der Waals surface area contributed by atoms with Gasteiger partial charge < -0.3 is 10.2 Å². The average Bonchev–Trinajstić information content (AvgIpc) is 2.68. The molecule has 1 N–H and O–H groups in total. The highest BCUT2D eigenvalue weighted by molar-refractivity contribution is 7.89. The second-order valence-electron chi connectivity index (χ2n) is 7.83. The number of hydrogen-bond donors (Lipinski definition) is 1. The molecule has 0 aliphatic carbocycles. The van der Waals surface area contributed by atoms with Gasteiger partial charge in [-0.25, -0.2) is 12.7 Å². The summed E-state index contributed by atoms with van der Waals surface area (Å²) in [5.74, 6) is -0.0254. The molecule has 2 aromatic carbocycles. The number of rotatable bonds is 5. The molecule has 0 radical (unpaired) electrons. The van der Waals surface area contributed by atoms with Crippen molar-refractivity contribution in [2.75, 3.05) is 30.9 Å². The first-order chi connectivity index (χ1) is 13.6. The predicted molar refractivity (Wildman–Crippen MR) is 117 cm³/mol. The van der Waals surface area contributed by atoms with Crippen molar-refractivity contribution < 1.29 is 13.2 Å². The number of carbonyl (C=O) groups is 1. The van der Waals surface area contributed by atoms with Crippen LogP contribution >= 0.6 is 0 Å². The van der Waals surface area contributed by atoms with Crippen molar-refractivity contribution >= 4 is 27.3 Å². The molecule has 3 rings (SSSR count). The van der Waals surface area contributed by atoms with Gasteiger partial charge in [0.05, 0.1) is 11.4 Å². The third-order valence-corrected chi connectivity index (χ3v) is 7.43. The molecule has 29 heavy (non-hydrogen) atoms. The Morgan fingerprint density at radius 2 is 1.90 bits per heavy atom. The SMILES string of the molecule is Cc1cc(S(=O)(=O)N(C)C)cc(NCC(=O)N2c3ccccc3CC[C@@H]2C)c1C. The highest BCUT2D eigenvalue weighted by Gasteiger charge is 2.28. The summed E-state index contributed by atoms with van der Waals surface area (Å²) in [6.45, 7) is 5.96. The molecule has 0 spiro atoms. The van der Waals surface area contributed by atoms with E-state index in [1.54, 1.807) is 12.1 Å². The molecule has 2 aromatic rings. The van der Waals surface area contributed by atoms with E-state index in [9.17, 15) is 13.2 Å². The predicted octanol–water partition coefficient (Wildman–Crippen LogP) is 3.33. The van der Waals surface area contributed by atoms with Crippen molar-refractivity contribution in [2.45, 2.75) is 44.6 Å². The molecule has 1 heterocycles. The van der Waals surface area contributed by atoms with E-state index in [0.717, 1.165) is 29.7 Å². The molecule has 1 atom stereocenters. The highest BCUT2D eigenvalue weighted by Crippen LogP contribution is 2.31. The third-order valence-electron chi connectivity index (χ3n) is 5.64. The van der Waals surface area contributed by atoms with E-state index in [2.05, 4.69) is 18.3 Å². The number of sulfonamides is 1. The van der Waals surface area contributed by atoms with Crippen LogP contribution in [0.25, 0.3) is 0 Å². The maximum Gasteiger partial charge on any atom is 0.246 e. The molecule has 156 valence electrons. The van der Waals surface area contributed by atoms with Gasteiger partial charge in [0.25, 0.3) is 0 Å². The summed E-state index contributed by atoms with van der Waals surface area (Å²) in [6, 6.07) is 11.4. The standard InChI is InChI=1S/C22H29N3O3S/c1-15-12-19(29(27,28)24(4)5)13-20(17(15)3)23-14-22(26)25-16(2)10-11-18-8-6-7-9-21(18)25/h6-9,12-13,16,23H,10-11,14H2,1-5H3/t16-/m0/s1. The van der Waals surface area contributed by atoms with Gasteiger partial charge in [0.2, 0.25) is 15.9 Å². The molecule has 0 saturated carbocycles. The second-order valence-corrected chi connectivity index (χ2v) is 9.99. The minimum Gasteiger partial charge on any atom is -0.376 e. The zero-order valence-electron chi connectivity index (χ0n) is 17.7. The first-order valence-corrected chi connectivity index (χ1v) is 11.2. The quantitative estimate of drug-likeness (QED) is 0.813. The molecule has 6 nitrogen and oxygen atoms in total. The van der Waals surface area contributed by atoms with E-state index in [1.165, 1.54) is 24.0 Å². The Hall–Kier alpha value is -2.38. The Labute approximate surface area is 173 Å². The van der Waals surface area contributed by atoms with Gasteiger partial charge in [0.1, 0.15) is 0 Å². The van der Waals surface area contributed by atoms with Gasteiger partial charge in [-0.2, -0.15) is 0 Å². The first kappa shape index (κ1) is 21.3. The number of anilines is 2. The van der Waals surface area contributed by atoms with Crippen molar-refractivity contribution in [1.29, 1.82) is 0 Å². The number of hydrogen-bond acceptors (Lipinski definition) is 4. The van der Waals surface area contributed by atoms with Crippen LogP contribution in [-0.2, 0) is 21.2 Å². The lowest BCUT2D eigenvalue weighted by Crippen LogP contribution is -2.44.